The van der Waals surface area contributed by atoms with Gasteiger partial charge in [-0.05, 0) is 47.8 Å². The number of hydrogen-bond acceptors (Lipinski definition) is 3. The smallest absolute Gasteiger partial charge is 0.242 e. The van der Waals surface area contributed by atoms with Crippen molar-refractivity contribution in [2.24, 2.45) is 0 Å². The Bertz CT molecular complexity index is 447. The molecule has 0 radical (unpaired) electrons. The van der Waals surface area contributed by atoms with Crippen LogP contribution in [0.3, 0.4) is 0 Å². The van der Waals surface area contributed by atoms with Crippen molar-refractivity contribution >= 4 is 27.5 Å². The first kappa shape index (κ1) is 16.8. The minimum atomic E-state index is -0.290. The molecule has 20 heavy (non-hydrogen) atoms. The van der Waals surface area contributed by atoms with E-state index in [0.29, 0.717) is 0 Å². The summed E-state index contributed by atoms with van der Waals surface area (Å²) in [5, 5.41) is 6.22. The maximum atomic E-state index is 12.1. The molecule has 0 saturated heterocycles. The van der Waals surface area contributed by atoms with E-state index in [4.69, 9.17) is 4.74 Å². The Morgan fingerprint density at radius 1 is 1.35 bits per heavy atom. The van der Waals surface area contributed by atoms with Crippen LogP contribution in [-0.4, -0.2) is 25.1 Å². The lowest BCUT2D eigenvalue weighted by molar-refractivity contribution is -0.122. The number of carbonyl (C=O) groups excluding carboxylic acids is 1. The Morgan fingerprint density at radius 2 is 2.00 bits per heavy atom. The van der Waals surface area contributed by atoms with Crippen LogP contribution in [0.2, 0.25) is 0 Å². The van der Waals surface area contributed by atoms with Gasteiger partial charge in [-0.25, -0.2) is 0 Å². The zero-order valence-corrected chi connectivity index (χ0v) is 14.1. The average molecular weight is 343 g/mol. The number of carbonyl (C=O) groups is 1. The van der Waals surface area contributed by atoms with Crippen molar-refractivity contribution in [1.82, 2.24) is 5.32 Å². The lowest BCUT2D eigenvalue weighted by atomic mass is 10.1. The number of anilines is 1. The number of ether oxygens (including phenoxy) is 1. The average Bonchev–Trinajstić information content (AvgIpc) is 2.46. The number of benzene rings is 1. The minimum Gasteiger partial charge on any atom is -0.495 e. The summed E-state index contributed by atoms with van der Waals surface area (Å²) in [5.74, 6) is 0.753. The second kappa shape index (κ2) is 8.15. The molecule has 0 fully saturated rings. The number of methoxy groups -OCH3 is 1. The summed E-state index contributed by atoms with van der Waals surface area (Å²) >= 11 is 3.41. The number of halogens is 1. The Balaban J connectivity index is 2.65. The van der Waals surface area contributed by atoms with E-state index in [-0.39, 0.29) is 18.0 Å². The molecular formula is C15H23BrN2O2. The molecule has 1 aromatic carbocycles. The van der Waals surface area contributed by atoms with Crippen LogP contribution in [0.25, 0.3) is 0 Å². The molecule has 0 aliphatic heterocycles. The van der Waals surface area contributed by atoms with Crippen molar-refractivity contribution in [3.05, 3.63) is 22.7 Å². The van der Waals surface area contributed by atoms with Crippen molar-refractivity contribution in [2.45, 2.75) is 45.7 Å². The van der Waals surface area contributed by atoms with Gasteiger partial charge in [-0.3, -0.25) is 4.79 Å². The van der Waals surface area contributed by atoms with Gasteiger partial charge in [0, 0.05) is 17.8 Å². The molecule has 0 bridgehead atoms. The van der Waals surface area contributed by atoms with Gasteiger partial charge < -0.3 is 15.4 Å². The molecule has 1 rings (SSSR count). The first-order chi connectivity index (χ1) is 9.51. The summed E-state index contributed by atoms with van der Waals surface area (Å²) < 4.78 is 6.13. The first-order valence-electron chi connectivity index (χ1n) is 6.92. The lowest BCUT2D eigenvalue weighted by Gasteiger charge is -2.20. The van der Waals surface area contributed by atoms with Gasteiger partial charge in [0.05, 0.1) is 11.6 Å². The van der Waals surface area contributed by atoms with Gasteiger partial charge in [-0.1, -0.05) is 13.8 Å². The van der Waals surface area contributed by atoms with Crippen molar-refractivity contribution < 1.29 is 9.53 Å². The number of hydrogen-bond donors (Lipinski definition) is 2. The van der Waals surface area contributed by atoms with Crippen molar-refractivity contribution in [2.75, 3.05) is 12.4 Å². The summed E-state index contributed by atoms with van der Waals surface area (Å²) in [7, 11) is 1.62. The highest BCUT2D eigenvalue weighted by atomic mass is 79.9. The van der Waals surface area contributed by atoms with E-state index in [0.717, 1.165) is 28.8 Å². The van der Waals surface area contributed by atoms with E-state index in [9.17, 15) is 4.79 Å². The zero-order valence-electron chi connectivity index (χ0n) is 12.5. The monoisotopic (exact) mass is 342 g/mol. The van der Waals surface area contributed by atoms with Crippen LogP contribution in [-0.2, 0) is 4.79 Å². The molecule has 0 aliphatic rings. The standard InChI is InChI=1S/C15H23BrN2O2/c1-5-11(6-2)18-15(19)10(3)17-12-7-8-13(16)14(9-12)20-4/h7-11,17H,5-6H2,1-4H3,(H,18,19). The summed E-state index contributed by atoms with van der Waals surface area (Å²) in [6.45, 7) is 6.00. The van der Waals surface area contributed by atoms with Crippen LogP contribution in [0.5, 0.6) is 5.75 Å². The summed E-state index contributed by atoms with van der Waals surface area (Å²) in [4.78, 5) is 12.1. The summed E-state index contributed by atoms with van der Waals surface area (Å²) in [5.41, 5.74) is 0.859. The third-order valence-electron chi connectivity index (χ3n) is 3.26. The minimum absolute atomic E-state index is 0.0144. The fourth-order valence-electron chi connectivity index (χ4n) is 1.88. The van der Waals surface area contributed by atoms with E-state index in [2.05, 4.69) is 40.4 Å². The largest absolute Gasteiger partial charge is 0.495 e. The van der Waals surface area contributed by atoms with Gasteiger partial charge in [0.2, 0.25) is 5.91 Å². The second-order valence-electron chi connectivity index (χ2n) is 4.74. The van der Waals surface area contributed by atoms with Gasteiger partial charge in [-0.2, -0.15) is 0 Å². The topological polar surface area (TPSA) is 50.4 Å². The molecule has 2 N–H and O–H groups in total. The third kappa shape index (κ3) is 4.71. The first-order valence-corrected chi connectivity index (χ1v) is 7.71. The molecule has 0 aliphatic carbocycles. The molecule has 1 aromatic rings. The van der Waals surface area contributed by atoms with Gasteiger partial charge in [0.15, 0.2) is 0 Å². The molecule has 0 saturated carbocycles. The normalized spacial score (nSPS) is 12.1. The van der Waals surface area contributed by atoms with E-state index in [1.165, 1.54) is 0 Å². The number of amides is 1. The second-order valence-corrected chi connectivity index (χ2v) is 5.59. The van der Waals surface area contributed by atoms with Crippen LogP contribution in [0.15, 0.2) is 22.7 Å². The fraction of sp³-hybridized carbons (Fsp3) is 0.533. The molecule has 0 spiro atoms. The Hall–Kier alpha value is -1.23. The molecule has 4 nitrogen and oxygen atoms in total. The van der Waals surface area contributed by atoms with Crippen LogP contribution in [0.4, 0.5) is 5.69 Å². The predicted molar refractivity (Wildman–Crippen MR) is 86.3 cm³/mol. The maximum Gasteiger partial charge on any atom is 0.242 e. The number of nitrogens with one attached hydrogen (secondary N) is 2. The highest BCUT2D eigenvalue weighted by Gasteiger charge is 2.16. The van der Waals surface area contributed by atoms with Gasteiger partial charge in [0.25, 0.3) is 0 Å². The molecule has 1 amide bonds. The van der Waals surface area contributed by atoms with E-state index < -0.39 is 0 Å². The molecular weight excluding hydrogens is 320 g/mol. The molecule has 0 heterocycles. The molecule has 1 unspecified atom stereocenters. The van der Waals surface area contributed by atoms with Crippen LogP contribution < -0.4 is 15.4 Å². The van der Waals surface area contributed by atoms with E-state index >= 15 is 0 Å². The van der Waals surface area contributed by atoms with Crippen LogP contribution in [0.1, 0.15) is 33.6 Å². The molecule has 1 atom stereocenters. The fourth-order valence-corrected chi connectivity index (χ4v) is 2.29. The van der Waals surface area contributed by atoms with Crippen LogP contribution >= 0.6 is 15.9 Å². The lowest BCUT2D eigenvalue weighted by Crippen LogP contribution is -2.42. The Kier molecular flexibility index (Phi) is 6.85. The van der Waals surface area contributed by atoms with E-state index in [1.807, 2.05) is 25.1 Å². The van der Waals surface area contributed by atoms with E-state index in [1.54, 1.807) is 7.11 Å². The van der Waals surface area contributed by atoms with Crippen LogP contribution in [0, 0.1) is 0 Å². The maximum absolute atomic E-state index is 12.1. The molecule has 5 heteroatoms. The third-order valence-corrected chi connectivity index (χ3v) is 3.91. The predicted octanol–water partition coefficient (Wildman–Crippen LogP) is 3.56. The summed E-state index contributed by atoms with van der Waals surface area (Å²) in [6.07, 6.45) is 1.89. The van der Waals surface area contributed by atoms with Gasteiger partial charge in [-0.15, -0.1) is 0 Å². The molecule has 112 valence electrons. The van der Waals surface area contributed by atoms with Crippen molar-refractivity contribution in [1.29, 1.82) is 0 Å². The Morgan fingerprint density at radius 3 is 2.55 bits per heavy atom. The van der Waals surface area contributed by atoms with Gasteiger partial charge in [0.1, 0.15) is 11.8 Å². The highest BCUT2D eigenvalue weighted by Crippen LogP contribution is 2.28. The van der Waals surface area contributed by atoms with Crippen molar-refractivity contribution in [3.8, 4) is 5.75 Å². The van der Waals surface area contributed by atoms with Gasteiger partial charge >= 0.3 is 0 Å². The zero-order chi connectivity index (χ0) is 15.1. The Labute approximate surface area is 129 Å². The SMILES string of the molecule is CCC(CC)NC(=O)C(C)Nc1ccc(Br)c(OC)c1. The number of rotatable bonds is 7. The highest BCUT2D eigenvalue weighted by molar-refractivity contribution is 9.10. The summed E-state index contributed by atoms with van der Waals surface area (Å²) in [6, 6.07) is 5.62. The quantitative estimate of drug-likeness (QED) is 0.796. The van der Waals surface area contributed by atoms with Crippen molar-refractivity contribution in [3.63, 3.8) is 0 Å². The molecule has 0 aromatic heterocycles.